The number of carbonyl (C=O) groups is 1. The van der Waals surface area contributed by atoms with Gasteiger partial charge in [-0.25, -0.2) is 14.8 Å². The predicted octanol–water partition coefficient (Wildman–Crippen LogP) is 4.29. The number of nitrogens with one attached hydrogen (secondary N) is 1. The van der Waals surface area contributed by atoms with Gasteiger partial charge in [-0.1, -0.05) is 46.0 Å². The van der Waals surface area contributed by atoms with Gasteiger partial charge in [0.1, 0.15) is 18.0 Å². The summed E-state index contributed by atoms with van der Waals surface area (Å²) in [6.45, 7) is 8.19. The van der Waals surface area contributed by atoms with E-state index in [1.54, 1.807) is 27.1 Å². The molecule has 1 heterocycles. The number of aromatic nitrogens is 2. The number of nitriles is 1. The Balaban J connectivity index is 0.000000516. The van der Waals surface area contributed by atoms with Crippen LogP contribution in [0.5, 0.6) is 0 Å². The zero-order valence-electron chi connectivity index (χ0n) is 18.1. The monoisotopic (exact) mass is 397 g/mol. The highest BCUT2D eigenvalue weighted by molar-refractivity contribution is 6.11. The van der Waals surface area contributed by atoms with E-state index in [1.165, 1.54) is 44.8 Å². The summed E-state index contributed by atoms with van der Waals surface area (Å²) in [4.78, 5) is 24.1. The lowest BCUT2D eigenvalue weighted by Crippen LogP contribution is -2.10. The highest BCUT2D eigenvalue weighted by Crippen LogP contribution is 2.39. The molecule has 7 nitrogen and oxygen atoms in total. The summed E-state index contributed by atoms with van der Waals surface area (Å²) in [7, 11) is 1.63. The van der Waals surface area contributed by atoms with E-state index in [9.17, 15) is 10.1 Å². The minimum atomic E-state index is -0.653. The van der Waals surface area contributed by atoms with Crippen molar-refractivity contribution in [2.75, 3.05) is 13.7 Å². The Morgan fingerprint density at radius 3 is 2.52 bits per heavy atom. The van der Waals surface area contributed by atoms with Crippen molar-refractivity contribution in [3.05, 3.63) is 34.9 Å². The molecule has 0 aromatic carbocycles. The van der Waals surface area contributed by atoms with E-state index in [4.69, 9.17) is 4.74 Å². The molecular weight excluding hydrogens is 366 g/mol. The number of fused-ring (bicyclic) bond motifs is 1. The maximum Gasteiger partial charge on any atom is 0.349 e. The maximum absolute atomic E-state index is 12.0. The first-order valence-corrected chi connectivity index (χ1v) is 10.1. The van der Waals surface area contributed by atoms with Gasteiger partial charge < -0.3 is 10.1 Å². The van der Waals surface area contributed by atoms with Gasteiger partial charge in [0.15, 0.2) is 0 Å². The molecule has 29 heavy (non-hydrogen) atoms. The Bertz CT molecular complexity index is 815. The average molecular weight is 398 g/mol. The SMILES string of the molecule is CCCCCCC.CCOC(=O)/C(C#N)=C1\C(C)=C(NC=NC)c2ncncc21. The number of ether oxygens (including phenoxy) is 1. The van der Waals surface area contributed by atoms with E-state index < -0.39 is 5.97 Å². The lowest BCUT2D eigenvalue weighted by atomic mass is 10.0. The smallest absolute Gasteiger partial charge is 0.349 e. The molecule has 1 aliphatic carbocycles. The van der Waals surface area contributed by atoms with Crippen LogP contribution in [0.15, 0.2) is 28.7 Å². The second kappa shape index (κ2) is 13.2. The molecule has 7 heteroatoms. The fourth-order valence-electron chi connectivity index (χ4n) is 2.93. The first-order valence-electron chi connectivity index (χ1n) is 10.1. The molecule has 1 N–H and O–H groups in total. The van der Waals surface area contributed by atoms with Crippen LogP contribution in [-0.4, -0.2) is 35.9 Å². The number of unbranched alkanes of at least 4 members (excludes halogenated alkanes) is 4. The first kappa shape index (κ1) is 24.0. The molecule has 1 aromatic rings. The number of hydrogen-bond acceptors (Lipinski definition) is 6. The van der Waals surface area contributed by atoms with Crippen molar-refractivity contribution in [3.8, 4) is 6.07 Å². The molecular formula is C22H31N5O2. The van der Waals surface area contributed by atoms with Crippen LogP contribution in [0, 0.1) is 11.3 Å². The molecule has 1 aromatic heterocycles. The van der Waals surface area contributed by atoms with Gasteiger partial charge in [-0.3, -0.25) is 4.99 Å². The van der Waals surface area contributed by atoms with Crippen LogP contribution in [-0.2, 0) is 9.53 Å². The first-order chi connectivity index (χ1) is 14.1. The Kier molecular flexibility index (Phi) is 10.9. The van der Waals surface area contributed by atoms with Crippen molar-refractivity contribution >= 4 is 23.6 Å². The summed E-state index contributed by atoms with van der Waals surface area (Å²) in [6.07, 6.45) is 11.5. The lowest BCUT2D eigenvalue weighted by molar-refractivity contribution is -0.137. The molecule has 0 spiro atoms. The van der Waals surface area contributed by atoms with Crippen LogP contribution >= 0.6 is 0 Å². The molecule has 0 fully saturated rings. The highest BCUT2D eigenvalue weighted by Gasteiger charge is 2.30. The third-order valence-electron chi connectivity index (χ3n) is 4.35. The summed E-state index contributed by atoms with van der Waals surface area (Å²) in [5, 5.41) is 12.4. The van der Waals surface area contributed by atoms with Gasteiger partial charge in [0.2, 0.25) is 0 Å². The van der Waals surface area contributed by atoms with E-state index in [0.29, 0.717) is 22.5 Å². The minimum absolute atomic E-state index is 0.0550. The van der Waals surface area contributed by atoms with Gasteiger partial charge in [0.25, 0.3) is 0 Å². The molecule has 0 radical (unpaired) electrons. The van der Waals surface area contributed by atoms with Crippen LogP contribution < -0.4 is 5.32 Å². The van der Waals surface area contributed by atoms with E-state index in [1.807, 2.05) is 6.07 Å². The number of esters is 1. The highest BCUT2D eigenvalue weighted by atomic mass is 16.5. The van der Waals surface area contributed by atoms with Crippen molar-refractivity contribution in [1.29, 1.82) is 5.26 Å². The van der Waals surface area contributed by atoms with Crippen molar-refractivity contribution in [1.82, 2.24) is 15.3 Å². The van der Waals surface area contributed by atoms with Crippen LogP contribution in [0.1, 0.15) is 71.1 Å². The van der Waals surface area contributed by atoms with Crippen LogP contribution in [0.4, 0.5) is 0 Å². The molecule has 0 amide bonds. The molecule has 0 aliphatic heterocycles. The van der Waals surface area contributed by atoms with E-state index in [0.717, 1.165) is 5.57 Å². The van der Waals surface area contributed by atoms with Crippen molar-refractivity contribution < 1.29 is 9.53 Å². The largest absolute Gasteiger partial charge is 0.462 e. The molecule has 2 rings (SSSR count). The molecule has 0 bridgehead atoms. The van der Waals surface area contributed by atoms with Gasteiger partial charge in [0.05, 0.1) is 24.3 Å². The molecule has 0 saturated heterocycles. The van der Waals surface area contributed by atoms with Crippen molar-refractivity contribution in [2.24, 2.45) is 4.99 Å². The molecule has 0 atom stereocenters. The van der Waals surface area contributed by atoms with Crippen LogP contribution in [0.3, 0.4) is 0 Å². The fraction of sp³-hybridized carbons (Fsp3) is 0.500. The minimum Gasteiger partial charge on any atom is -0.462 e. The Morgan fingerprint density at radius 2 is 1.97 bits per heavy atom. The number of nitrogens with zero attached hydrogens (tertiary/aromatic N) is 4. The number of allylic oxidation sites excluding steroid dienone is 2. The number of rotatable bonds is 8. The quantitative estimate of drug-likeness (QED) is 0.175. The number of aliphatic imine (C=N–C) groups is 1. The second-order valence-corrected chi connectivity index (χ2v) is 6.46. The average Bonchev–Trinajstić information content (AvgIpc) is 3.00. The predicted molar refractivity (Wildman–Crippen MR) is 116 cm³/mol. The summed E-state index contributed by atoms with van der Waals surface area (Å²) in [5.41, 5.74) is 3.09. The molecule has 0 unspecified atom stereocenters. The normalized spacial score (nSPS) is 14.1. The Labute approximate surface area is 173 Å². The van der Waals surface area contributed by atoms with E-state index >= 15 is 0 Å². The van der Waals surface area contributed by atoms with E-state index in [-0.39, 0.29) is 12.2 Å². The van der Waals surface area contributed by atoms with Gasteiger partial charge in [-0.15, -0.1) is 0 Å². The van der Waals surface area contributed by atoms with Gasteiger partial charge in [-0.2, -0.15) is 5.26 Å². The molecule has 1 aliphatic rings. The molecule has 156 valence electrons. The van der Waals surface area contributed by atoms with Gasteiger partial charge >= 0.3 is 5.97 Å². The maximum atomic E-state index is 12.0. The zero-order valence-corrected chi connectivity index (χ0v) is 18.1. The summed E-state index contributed by atoms with van der Waals surface area (Å²) in [5.74, 6) is -0.653. The summed E-state index contributed by atoms with van der Waals surface area (Å²) < 4.78 is 4.96. The van der Waals surface area contributed by atoms with Gasteiger partial charge in [0, 0.05) is 24.4 Å². The number of carbonyl (C=O) groups excluding carboxylic acids is 1. The second-order valence-electron chi connectivity index (χ2n) is 6.46. The van der Waals surface area contributed by atoms with Gasteiger partial charge in [-0.05, 0) is 19.4 Å². The third-order valence-corrected chi connectivity index (χ3v) is 4.35. The Hall–Kier alpha value is -3.01. The topological polar surface area (TPSA) is 100 Å². The zero-order chi connectivity index (χ0) is 21.6. The number of hydrogen-bond donors (Lipinski definition) is 1. The fourth-order valence-corrected chi connectivity index (χ4v) is 2.93. The summed E-state index contributed by atoms with van der Waals surface area (Å²) in [6, 6.07) is 1.93. The van der Waals surface area contributed by atoms with Crippen LogP contribution in [0.25, 0.3) is 11.3 Å². The standard InChI is InChI=1S/C15H15N5O2.C7H16/c1-4-22-15(21)10(5-16)12-9(2)13(19-7-17-3)14-11(12)6-18-8-20-14;1-3-5-7-6-4-2/h6-8H,4H2,1-3H3,(H,17,19);3-7H2,1-2H3/b12-10+;. The van der Waals surface area contributed by atoms with E-state index in [2.05, 4.69) is 34.1 Å². The molecule has 0 saturated carbocycles. The van der Waals surface area contributed by atoms with Crippen molar-refractivity contribution in [2.45, 2.75) is 59.8 Å². The van der Waals surface area contributed by atoms with Crippen molar-refractivity contribution in [3.63, 3.8) is 0 Å². The lowest BCUT2D eigenvalue weighted by Gasteiger charge is -2.06. The van der Waals surface area contributed by atoms with Crippen LogP contribution in [0.2, 0.25) is 0 Å². The summed E-state index contributed by atoms with van der Waals surface area (Å²) >= 11 is 0. The Morgan fingerprint density at radius 1 is 1.28 bits per heavy atom. The third kappa shape index (κ3) is 6.53.